The molecule has 1 unspecified atom stereocenters. The van der Waals surface area contributed by atoms with Crippen LogP contribution in [0.4, 0.5) is 0 Å². The molecule has 0 saturated heterocycles. The fourth-order valence-corrected chi connectivity index (χ4v) is 2.35. The van der Waals surface area contributed by atoms with E-state index in [-0.39, 0.29) is 11.7 Å². The topological polar surface area (TPSA) is 104 Å². The van der Waals surface area contributed by atoms with Crippen LogP contribution in [-0.4, -0.2) is 45.6 Å². The van der Waals surface area contributed by atoms with E-state index >= 15 is 0 Å². The van der Waals surface area contributed by atoms with E-state index in [1.807, 2.05) is 6.92 Å². The number of carboxylic acids is 2. The van der Waals surface area contributed by atoms with Crippen molar-refractivity contribution in [3.05, 3.63) is 12.2 Å². The third kappa shape index (κ3) is 8.58. The number of carboxylic acid groups (broad SMARTS) is 2. The molecule has 0 heterocycles. The fraction of sp³-hybridized carbons (Fsp3) is 0.615. The van der Waals surface area contributed by atoms with E-state index < -0.39 is 23.9 Å². The smallest absolute Gasteiger partial charge is 0.327 e. The van der Waals surface area contributed by atoms with Gasteiger partial charge < -0.3 is 15.5 Å². The van der Waals surface area contributed by atoms with Crippen molar-refractivity contribution in [3.8, 4) is 0 Å². The molecule has 0 aromatic rings. The van der Waals surface area contributed by atoms with Crippen LogP contribution < -0.4 is 5.32 Å². The molecule has 0 saturated carbocycles. The number of amides is 1. The average Bonchev–Trinajstić information content (AvgIpc) is 2.34. The van der Waals surface area contributed by atoms with Gasteiger partial charge in [0.05, 0.1) is 5.92 Å². The Kier molecular flexibility index (Phi) is 9.53. The summed E-state index contributed by atoms with van der Waals surface area (Å²) in [6.45, 7) is 3.19. The van der Waals surface area contributed by atoms with Crippen molar-refractivity contribution in [1.29, 1.82) is 0 Å². The van der Waals surface area contributed by atoms with Gasteiger partial charge in [0.15, 0.2) is 0 Å². The molecular weight excluding hydrogens is 282 g/mol. The van der Waals surface area contributed by atoms with Crippen LogP contribution in [0.1, 0.15) is 26.7 Å². The molecule has 1 amide bonds. The molecule has 2 atom stereocenters. The van der Waals surface area contributed by atoms with Crippen molar-refractivity contribution >= 4 is 29.6 Å². The summed E-state index contributed by atoms with van der Waals surface area (Å²) in [6.07, 6.45) is 4.73. The molecule has 0 fully saturated rings. The summed E-state index contributed by atoms with van der Waals surface area (Å²) in [5.74, 6) is -2.06. The molecular formula is C13H21NO5S. The van der Waals surface area contributed by atoms with Crippen molar-refractivity contribution < 1.29 is 24.6 Å². The Hall–Kier alpha value is -1.50. The van der Waals surface area contributed by atoms with E-state index in [1.165, 1.54) is 18.7 Å². The van der Waals surface area contributed by atoms with E-state index in [0.717, 1.165) is 6.42 Å². The first kappa shape index (κ1) is 18.5. The zero-order valence-corrected chi connectivity index (χ0v) is 12.5. The Morgan fingerprint density at radius 2 is 1.90 bits per heavy atom. The maximum atomic E-state index is 10.9. The number of hydrogen-bond acceptors (Lipinski definition) is 4. The van der Waals surface area contributed by atoms with Crippen molar-refractivity contribution in [3.63, 3.8) is 0 Å². The third-order valence-electron chi connectivity index (χ3n) is 2.46. The van der Waals surface area contributed by atoms with Crippen LogP contribution in [0.2, 0.25) is 0 Å². The Bertz CT molecular complexity index is 370. The van der Waals surface area contributed by atoms with Gasteiger partial charge in [-0.1, -0.05) is 25.5 Å². The lowest BCUT2D eigenvalue weighted by Gasteiger charge is -2.11. The molecule has 0 aliphatic heterocycles. The Labute approximate surface area is 122 Å². The van der Waals surface area contributed by atoms with Crippen molar-refractivity contribution in [2.24, 2.45) is 5.92 Å². The minimum atomic E-state index is -1.08. The normalized spacial score (nSPS) is 13.9. The first-order valence-corrected chi connectivity index (χ1v) is 7.51. The summed E-state index contributed by atoms with van der Waals surface area (Å²) in [5.41, 5.74) is 0. The highest BCUT2D eigenvalue weighted by molar-refractivity contribution is 7.99. The van der Waals surface area contributed by atoms with Gasteiger partial charge in [0.2, 0.25) is 5.91 Å². The predicted molar refractivity (Wildman–Crippen MR) is 77.7 cm³/mol. The second-order valence-corrected chi connectivity index (χ2v) is 5.37. The Morgan fingerprint density at radius 1 is 1.25 bits per heavy atom. The van der Waals surface area contributed by atoms with Crippen LogP contribution in [-0.2, 0) is 14.4 Å². The van der Waals surface area contributed by atoms with Crippen molar-refractivity contribution in [2.45, 2.75) is 32.7 Å². The number of hydrogen-bond donors (Lipinski definition) is 3. The molecule has 0 aliphatic rings. The van der Waals surface area contributed by atoms with Crippen LogP contribution in [0.25, 0.3) is 0 Å². The van der Waals surface area contributed by atoms with E-state index in [4.69, 9.17) is 10.2 Å². The summed E-state index contributed by atoms with van der Waals surface area (Å²) in [7, 11) is 0. The van der Waals surface area contributed by atoms with Crippen molar-refractivity contribution in [1.82, 2.24) is 5.32 Å². The average molecular weight is 303 g/mol. The quantitative estimate of drug-likeness (QED) is 0.416. The van der Waals surface area contributed by atoms with Gasteiger partial charge in [-0.05, 0) is 6.42 Å². The number of thioether (sulfide) groups is 1. The number of aliphatic carboxylic acids is 2. The molecule has 0 bridgehead atoms. The van der Waals surface area contributed by atoms with Gasteiger partial charge in [0.1, 0.15) is 6.04 Å². The van der Waals surface area contributed by atoms with Crippen LogP contribution in [0.15, 0.2) is 12.2 Å². The first-order valence-electron chi connectivity index (χ1n) is 6.35. The summed E-state index contributed by atoms with van der Waals surface area (Å²) < 4.78 is 0. The van der Waals surface area contributed by atoms with Crippen LogP contribution >= 0.6 is 11.8 Å². The van der Waals surface area contributed by atoms with E-state index in [2.05, 4.69) is 5.32 Å². The van der Waals surface area contributed by atoms with Gasteiger partial charge in [0, 0.05) is 18.4 Å². The van der Waals surface area contributed by atoms with E-state index in [9.17, 15) is 14.4 Å². The summed E-state index contributed by atoms with van der Waals surface area (Å²) in [4.78, 5) is 32.6. The molecule has 0 aliphatic carbocycles. The highest BCUT2D eigenvalue weighted by atomic mass is 32.2. The summed E-state index contributed by atoms with van der Waals surface area (Å²) in [5, 5.41) is 20.2. The third-order valence-corrected chi connectivity index (χ3v) is 3.46. The lowest BCUT2D eigenvalue weighted by molar-refractivity contribution is -0.141. The minimum Gasteiger partial charge on any atom is -0.481 e. The van der Waals surface area contributed by atoms with Crippen LogP contribution in [0.3, 0.4) is 0 Å². The van der Waals surface area contributed by atoms with E-state index in [0.29, 0.717) is 12.2 Å². The number of carbonyl (C=O) groups is 3. The monoisotopic (exact) mass is 303 g/mol. The molecule has 0 aromatic heterocycles. The van der Waals surface area contributed by atoms with Gasteiger partial charge in [0.25, 0.3) is 0 Å². The second kappa shape index (κ2) is 10.3. The number of carbonyl (C=O) groups excluding carboxylic acids is 1. The van der Waals surface area contributed by atoms with Gasteiger partial charge >= 0.3 is 11.9 Å². The largest absolute Gasteiger partial charge is 0.481 e. The molecule has 7 heteroatoms. The maximum absolute atomic E-state index is 10.9. The molecule has 6 nitrogen and oxygen atoms in total. The molecule has 0 spiro atoms. The molecule has 0 rings (SSSR count). The lowest BCUT2D eigenvalue weighted by atomic mass is 10.0. The Morgan fingerprint density at radius 3 is 2.35 bits per heavy atom. The van der Waals surface area contributed by atoms with Crippen LogP contribution in [0.5, 0.6) is 0 Å². The molecule has 3 N–H and O–H groups in total. The summed E-state index contributed by atoms with van der Waals surface area (Å²) in [6, 6.07) is -0.920. The van der Waals surface area contributed by atoms with Crippen LogP contribution in [0, 0.1) is 5.92 Å². The standard InChI is InChI=1S/C13H21NO5S/c1-3-5-10(12(16)17)6-4-7-20-8-11(13(18)19)14-9(2)15/h4,6,10-11H,3,5,7-8H2,1-2H3,(H,14,15)(H,16,17)(H,18,19)/b6-4+/t10?,11-/m0/s1. The van der Waals surface area contributed by atoms with Gasteiger partial charge in [-0.15, -0.1) is 0 Å². The van der Waals surface area contributed by atoms with Gasteiger partial charge in [-0.3, -0.25) is 9.59 Å². The number of nitrogens with one attached hydrogen (secondary N) is 1. The number of rotatable bonds is 10. The first-order chi connectivity index (χ1) is 9.38. The molecule has 0 aromatic carbocycles. The SMILES string of the molecule is CCCC(/C=C/CSC[C@H](NC(C)=O)C(=O)O)C(=O)O. The molecule has 0 radical (unpaired) electrons. The molecule has 114 valence electrons. The van der Waals surface area contributed by atoms with E-state index in [1.54, 1.807) is 12.2 Å². The highest BCUT2D eigenvalue weighted by Gasteiger charge is 2.17. The fourth-order valence-electron chi connectivity index (χ4n) is 1.51. The minimum absolute atomic E-state index is 0.241. The second-order valence-electron chi connectivity index (χ2n) is 4.29. The zero-order valence-electron chi connectivity index (χ0n) is 11.7. The predicted octanol–water partition coefficient (Wildman–Crippen LogP) is 1.37. The van der Waals surface area contributed by atoms with Gasteiger partial charge in [-0.25, -0.2) is 4.79 Å². The maximum Gasteiger partial charge on any atom is 0.327 e. The summed E-state index contributed by atoms with van der Waals surface area (Å²) >= 11 is 1.33. The van der Waals surface area contributed by atoms with Gasteiger partial charge in [-0.2, -0.15) is 11.8 Å². The lowest BCUT2D eigenvalue weighted by Crippen LogP contribution is -2.41. The van der Waals surface area contributed by atoms with Crippen molar-refractivity contribution in [2.75, 3.05) is 11.5 Å². The highest BCUT2D eigenvalue weighted by Crippen LogP contribution is 2.10. The Balaban J connectivity index is 4.12. The molecule has 20 heavy (non-hydrogen) atoms. The zero-order chi connectivity index (χ0) is 15.5.